The Morgan fingerprint density at radius 2 is 2.62 bits per heavy atom. The quantitative estimate of drug-likeness (QED) is 0.488. The zero-order chi connectivity index (χ0) is 5.98. The van der Waals surface area contributed by atoms with Gasteiger partial charge in [0, 0.05) is 13.1 Å². The average molecular weight is 112 g/mol. The summed E-state index contributed by atoms with van der Waals surface area (Å²) in [4.78, 5) is 6.40. The van der Waals surface area contributed by atoms with Crippen LogP contribution in [0.1, 0.15) is 13.8 Å². The fourth-order valence-corrected chi connectivity index (χ4v) is 0.853. The van der Waals surface area contributed by atoms with Gasteiger partial charge in [-0.25, -0.2) is 0 Å². The van der Waals surface area contributed by atoms with E-state index in [-0.39, 0.29) is 0 Å². The van der Waals surface area contributed by atoms with Gasteiger partial charge in [-0.15, -0.1) is 0 Å². The molecular weight excluding hydrogens is 100 g/mol. The van der Waals surface area contributed by atoms with Gasteiger partial charge in [0.15, 0.2) is 0 Å². The van der Waals surface area contributed by atoms with E-state index in [9.17, 15) is 0 Å². The highest BCUT2D eigenvalue weighted by Gasteiger charge is 2.08. The SMILES string of the molecule is CCN1C=NC(C)C1. The molecule has 2 heteroatoms. The van der Waals surface area contributed by atoms with E-state index in [1.54, 1.807) is 0 Å². The molecule has 1 unspecified atom stereocenters. The first-order valence-electron chi connectivity index (χ1n) is 3.10. The summed E-state index contributed by atoms with van der Waals surface area (Å²) >= 11 is 0. The molecule has 0 aromatic rings. The lowest BCUT2D eigenvalue weighted by molar-refractivity contribution is 0.462. The van der Waals surface area contributed by atoms with Crippen molar-refractivity contribution in [2.24, 2.45) is 4.99 Å². The highest BCUT2D eigenvalue weighted by molar-refractivity contribution is 5.57. The minimum absolute atomic E-state index is 0.523. The molecule has 0 radical (unpaired) electrons. The van der Waals surface area contributed by atoms with Crippen LogP contribution in [0.5, 0.6) is 0 Å². The van der Waals surface area contributed by atoms with Crippen molar-refractivity contribution in [2.45, 2.75) is 19.9 Å². The van der Waals surface area contributed by atoms with Gasteiger partial charge in [-0.1, -0.05) is 0 Å². The van der Waals surface area contributed by atoms with Gasteiger partial charge in [-0.05, 0) is 13.8 Å². The van der Waals surface area contributed by atoms with Gasteiger partial charge in [0.1, 0.15) is 0 Å². The Morgan fingerprint density at radius 1 is 1.88 bits per heavy atom. The summed E-state index contributed by atoms with van der Waals surface area (Å²) in [5.41, 5.74) is 0. The molecule has 1 rings (SSSR count). The summed E-state index contributed by atoms with van der Waals surface area (Å²) in [7, 11) is 0. The van der Waals surface area contributed by atoms with Crippen molar-refractivity contribution < 1.29 is 0 Å². The molecule has 0 fully saturated rings. The number of likely N-dealkylation sites (N-methyl/N-ethyl adjacent to an activating group) is 1. The first kappa shape index (κ1) is 5.60. The first-order valence-corrected chi connectivity index (χ1v) is 3.10. The fraction of sp³-hybridized carbons (Fsp3) is 0.833. The lowest BCUT2D eigenvalue weighted by atomic mass is 10.4. The van der Waals surface area contributed by atoms with Crippen LogP contribution in [0.4, 0.5) is 0 Å². The smallest absolute Gasteiger partial charge is 0.0854 e. The largest absolute Gasteiger partial charge is 0.361 e. The van der Waals surface area contributed by atoms with Crippen LogP contribution in [-0.2, 0) is 0 Å². The fourth-order valence-electron chi connectivity index (χ4n) is 0.853. The molecule has 46 valence electrons. The molecule has 2 nitrogen and oxygen atoms in total. The normalized spacial score (nSPS) is 27.2. The second-order valence-electron chi connectivity index (χ2n) is 2.20. The standard InChI is InChI=1S/C6H12N2/c1-3-8-4-6(2)7-5-8/h5-6H,3-4H2,1-2H3. The van der Waals surface area contributed by atoms with E-state index in [1.807, 2.05) is 6.34 Å². The zero-order valence-corrected chi connectivity index (χ0v) is 5.46. The summed E-state index contributed by atoms with van der Waals surface area (Å²) in [6.45, 7) is 6.47. The number of rotatable bonds is 1. The van der Waals surface area contributed by atoms with Gasteiger partial charge in [0.05, 0.1) is 12.4 Å². The summed E-state index contributed by atoms with van der Waals surface area (Å²) in [6.07, 6.45) is 1.94. The molecule has 8 heavy (non-hydrogen) atoms. The van der Waals surface area contributed by atoms with Gasteiger partial charge < -0.3 is 4.90 Å². The zero-order valence-electron chi connectivity index (χ0n) is 5.46. The Bertz CT molecular complexity index is 98.7. The molecule has 1 atom stereocenters. The van der Waals surface area contributed by atoms with Crippen LogP contribution in [0.3, 0.4) is 0 Å². The maximum Gasteiger partial charge on any atom is 0.0854 e. The second kappa shape index (κ2) is 2.16. The third-order valence-corrected chi connectivity index (χ3v) is 1.39. The average Bonchev–Trinajstić information content (AvgIpc) is 2.14. The lowest BCUT2D eigenvalue weighted by Gasteiger charge is -2.09. The summed E-state index contributed by atoms with van der Waals surface area (Å²) in [5.74, 6) is 0. The molecule has 0 aromatic heterocycles. The lowest BCUT2D eigenvalue weighted by Crippen LogP contribution is -2.21. The third-order valence-electron chi connectivity index (χ3n) is 1.39. The Labute approximate surface area is 50.2 Å². The molecule has 0 amide bonds. The van der Waals surface area contributed by atoms with Gasteiger partial charge in [0.2, 0.25) is 0 Å². The Balaban J connectivity index is 2.34. The molecule has 1 aliphatic rings. The first-order chi connectivity index (χ1) is 3.83. The van der Waals surface area contributed by atoms with E-state index in [0.717, 1.165) is 13.1 Å². The molecular formula is C6H12N2. The molecule has 0 spiro atoms. The highest BCUT2D eigenvalue weighted by Crippen LogP contribution is 2.00. The van der Waals surface area contributed by atoms with Crippen molar-refractivity contribution in [3.05, 3.63) is 0 Å². The van der Waals surface area contributed by atoms with Crippen LogP contribution in [0.2, 0.25) is 0 Å². The number of hydrogen-bond acceptors (Lipinski definition) is 2. The van der Waals surface area contributed by atoms with Crippen molar-refractivity contribution >= 4 is 6.34 Å². The minimum atomic E-state index is 0.523. The predicted molar refractivity (Wildman–Crippen MR) is 35.2 cm³/mol. The van der Waals surface area contributed by atoms with Crippen LogP contribution in [0.15, 0.2) is 4.99 Å². The predicted octanol–water partition coefficient (Wildman–Crippen LogP) is 0.739. The summed E-state index contributed by atoms with van der Waals surface area (Å²) < 4.78 is 0. The van der Waals surface area contributed by atoms with Gasteiger partial charge in [-0.3, -0.25) is 4.99 Å². The minimum Gasteiger partial charge on any atom is -0.361 e. The molecule has 0 saturated heterocycles. The maximum atomic E-state index is 4.19. The summed E-state index contributed by atoms with van der Waals surface area (Å²) in [6, 6.07) is 0.523. The Morgan fingerprint density at radius 3 is 2.88 bits per heavy atom. The van der Waals surface area contributed by atoms with E-state index in [1.165, 1.54) is 0 Å². The molecule has 0 aliphatic carbocycles. The van der Waals surface area contributed by atoms with E-state index in [2.05, 4.69) is 23.7 Å². The Kier molecular flexibility index (Phi) is 1.51. The number of nitrogens with zero attached hydrogens (tertiary/aromatic N) is 2. The van der Waals surface area contributed by atoms with Crippen LogP contribution in [0, 0.1) is 0 Å². The summed E-state index contributed by atoms with van der Waals surface area (Å²) in [5, 5.41) is 0. The van der Waals surface area contributed by atoms with Crippen LogP contribution in [-0.4, -0.2) is 30.4 Å². The van der Waals surface area contributed by atoms with Gasteiger partial charge in [-0.2, -0.15) is 0 Å². The van der Waals surface area contributed by atoms with Crippen molar-refractivity contribution in [1.82, 2.24) is 4.90 Å². The number of hydrogen-bond donors (Lipinski definition) is 0. The van der Waals surface area contributed by atoms with Crippen molar-refractivity contribution in [1.29, 1.82) is 0 Å². The van der Waals surface area contributed by atoms with Crippen LogP contribution < -0.4 is 0 Å². The van der Waals surface area contributed by atoms with E-state index in [4.69, 9.17) is 0 Å². The van der Waals surface area contributed by atoms with E-state index < -0.39 is 0 Å². The topological polar surface area (TPSA) is 15.6 Å². The second-order valence-corrected chi connectivity index (χ2v) is 2.20. The van der Waals surface area contributed by atoms with Crippen molar-refractivity contribution in [3.63, 3.8) is 0 Å². The van der Waals surface area contributed by atoms with Crippen molar-refractivity contribution in [2.75, 3.05) is 13.1 Å². The van der Waals surface area contributed by atoms with Gasteiger partial charge in [0.25, 0.3) is 0 Å². The molecule has 0 bridgehead atoms. The van der Waals surface area contributed by atoms with Gasteiger partial charge >= 0.3 is 0 Å². The van der Waals surface area contributed by atoms with Crippen molar-refractivity contribution in [3.8, 4) is 0 Å². The highest BCUT2D eigenvalue weighted by atomic mass is 15.2. The Hall–Kier alpha value is -0.530. The molecule has 0 saturated carbocycles. The van der Waals surface area contributed by atoms with E-state index >= 15 is 0 Å². The van der Waals surface area contributed by atoms with Crippen LogP contribution >= 0.6 is 0 Å². The maximum absolute atomic E-state index is 4.19. The monoisotopic (exact) mass is 112 g/mol. The van der Waals surface area contributed by atoms with E-state index in [0.29, 0.717) is 6.04 Å². The number of aliphatic imine (C=N–C) groups is 1. The third kappa shape index (κ3) is 0.997. The molecule has 0 N–H and O–H groups in total. The molecule has 0 aromatic carbocycles. The molecule has 1 aliphatic heterocycles. The van der Waals surface area contributed by atoms with Crippen LogP contribution in [0.25, 0.3) is 0 Å². The molecule has 1 heterocycles.